The summed E-state index contributed by atoms with van der Waals surface area (Å²) in [4.78, 5) is 73.8. The molecule has 314 valence electrons. The summed E-state index contributed by atoms with van der Waals surface area (Å²) in [5.41, 5.74) is 0.122. The third-order valence-corrected chi connectivity index (χ3v) is 9.24. The molecule has 1 aliphatic carbocycles. The quantitative estimate of drug-likeness (QED) is 0.0301. The highest BCUT2D eigenvalue weighted by atomic mass is 16.6. The normalized spacial score (nSPS) is 14.5. The van der Waals surface area contributed by atoms with Crippen LogP contribution in [-0.4, -0.2) is 69.4 Å². The number of rotatable bonds is 23. The van der Waals surface area contributed by atoms with Gasteiger partial charge in [0.2, 0.25) is 0 Å². The first-order valence-electron chi connectivity index (χ1n) is 19.5. The molecule has 0 radical (unpaired) electrons. The minimum absolute atomic E-state index is 0.0304. The fraction of sp³-hybridized carbons (Fsp3) is 0.378. The highest BCUT2D eigenvalue weighted by Gasteiger charge is 2.33. The van der Waals surface area contributed by atoms with Crippen LogP contribution in [-0.2, 0) is 33.4 Å². The van der Waals surface area contributed by atoms with Crippen molar-refractivity contribution < 1.29 is 66.7 Å². The minimum Gasteiger partial charge on any atom is -0.494 e. The Morgan fingerprint density at radius 2 is 1.00 bits per heavy atom. The van der Waals surface area contributed by atoms with E-state index in [1.807, 2.05) is 0 Å². The van der Waals surface area contributed by atoms with Crippen molar-refractivity contribution in [2.45, 2.75) is 64.2 Å². The zero-order chi connectivity index (χ0) is 42.4. The summed E-state index contributed by atoms with van der Waals surface area (Å²) in [6, 6.07) is 17.1. The molecule has 0 aliphatic heterocycles. The monoisotopic (exact) mass is 814 g/mol. The van der Waals surface area contributed by atoms with Crippen LogP contribution >= 0.6 is 0 Å². The van der Waals surface area contributed by atoms with Gasteiger partial charge < -0.3 is 37.9 Å². The van der Waals surface area contributed by atoms with Gasteiger partial charge in [-0.2, -0.15) is 0 Å². The van der Waals surface area contributed by atoms with E-state index in [0.717, 1.165) is 37.8 Å². The summed E-state index contributed by atoms with van der Waals surface area (Å²) < 4.78 is 42.9. The maximum Gasteiger partial charge on any atom is 0.343 e. The van der Waals surface area contributed by atoms with Gasteiger partial charge in [0.25, 0.3) is 0 Å². The molecule has 0 aromatic heterocycles. The Hall–Kier alpha value is -6.44. The maximum atomic E-state index is 13.2. The van der Waals surface area contributed by atoms with Crippen molar-refractivity contribution >= 4 is 35.8 Å². The van der Waals surface area contributed by atoms with E-state index in [2.05, 4.69) is 13.2 Å². The highest BCUT2D eigenvalue weighted by Crippen LogP contribution is 2.33. The lowest BCUT2D eigenvalue weighted by atomic mass is 9.82. The van der Waals surface area contributed by atoms with Crippen LogP contribution in [0.3, 0.4) is 0 Å². The van der Waals surface area contributed by atoms with Crippen LogP contribution in [0.25, 0.3) is 0 Å². The predicted octanol–water partition coefficient (Wildman–Crippen LogP) is 7.57. The molecule has 0 atom stereocenters. The van der Waals surface area contributed by atoms with Crippen molar-refractivity contribution in [3.63, 3.8) is 0 Å². The number of methoxy groups -OCH3 is 1. The number of hydrogen-bond acceptors (Lipinski definition) is 14. The van der Waals surface area contributed by atoms with Crippen LogP contribution in [0.15, 0.2) is 92.0 Å². The van der Waals surface area contributed by atoms with E-state index in [4.69, 9.17) is 37.9 Å². The van der Waals surface area contributed by atoms with Crippen molar-refractivity contribution in [1.29, 1.82) is 0 Å². The second kappa shape index (κ2) is 24.4. The van der Waals surface area contributed by atoms with Crippen LogP contribution in [0.1, 0.15) is 84.9 Å². The van der Waals surface area contributed by atoms with E-state index in [1.165, 1.54) is 37.4 Å². The first-order chi connectivity index (χ1) is 28.6. The summed E-state index contributed by atoms with van der Waals surface area (Å²) in [6.07, 6.45) is 8.57. The number of carbonyl (C=O) groups is 6. The molecule has 0 N–H and O–H groups in total. The van der Waals surface area contributed by atoms with E-state index in [1.54, 1.807) is 36.4 Å². The van der Waals surface area contributed by atoms with Crippen molar-refractivity contribution in [1.82, 2.24) is 0 Å². The molecule has 0 heterocycles. The molecule has 14 heteroatoms. The van der Waals surface area contributed by atoms with Gasteiger partial charge in [0.05, 0.1) is 50.9 Å². The highest BCUT2D eigenvalue weighted by molar-refractivity contribution is 5.95. The van der Waals surface area contributed by atoms with Crippen molar-refractivity contribution in [2.24, 2.45) is 11.8 Å². The van der Waals surface area contributed by atoms with Gasteiger partial charge in [-0.3, -0.25) is 9.59 Å². The van der Waals surface area contributed by atoms with E-state index in [9.17, 15) is 28.8 Å². The molecule has 1 aliphatic rings. The van der Waals surface area contributed by atoms with Gasteiger partial charge in [-0.05, 0) is 131 Å². The summed E-state index contributed by atoms with van der Waals surface area (Å²) in [5.74, 6) is -2.68. The SMILES string of the molecule is C=CC(=O)OCCCCCCOc1ccc(OC(=O)C2CCC(C(=O)Oc3ccc(OC(=O)c4ccc(OCCCCOC(=O)C=C)cc4)cc3C(=O)OC)CC2)cc1. The van der Waals surface area contributed by atoms with Crippen molar-refractivity contribution in [2.75, 3.05) is 33.5 Å². The van der Waals surface area contributed by atoms with E-state index < -0.39 is 41.7 Å². The standard InChI is InChI=1S/C45H50O14/c1-4-40(46)55-28-9-7-6-8-26-53-35-20-22-36(23-21-35)57-42(48)31-12-14-32(15-13-31)44(50)59-39-25-24-37(30-38(39)45(51)52-3)58-43(49)33-16-18-34(19-17-33)54-27-10-11-29-56-41(47)5-2/h4-5,16-25,30-32H,1-2,6-15,26-29H2,3H3. The zero-order valence-corrected chi connectivity index (χ0v) is 33.2. The van der Waals surface area contributed by atoms with E-state index in [-0.39, 0.29) is 35.2 Å². The fourth-order valence-corrected chi connectivity index (χ4v) is 5.95. The van der Waals surface area contributed by atoms with Crippen LogP contribution < -0.4 is 23.7 Å². The maximum absolute atomic E-state index is 13.2. The number of hydrogen-bond donors (Lipinski definition) is 0. The molecule has 3 aromatic carbocycles. The zero-order valence-electron chi connectivity index (χ0n) is 33.2. The number of benzene rings is 3. The van der Waals surface area contributed by atoms with Crippen LogP contribution in [0.2, 0.25) is 0 Å². The lowest BCUT2D eigenvalue weighted by Gasteiger charge is -2.26. The molecule has 0 spiro atoms. The Labute approximate surface area is 343 Å². The first kappa shape index (κ1) is 45.3. The molecular weight excluding hydrogens is 764 g/mol. The second-order valence-electron chi connectivity index (χ2n) is 13.5. The second-order valence-corrected chi connectivity index (χ2v) is 13.5. The lowest BCUT2D eigenvalue weighted by molar-refractivity contribution is -0.145. The van der Waals surface area contributed by atoms with Gasteiger partial charge in [0, 0.05) is 12.2 Å². The molecule has 0 bridgehead atoms. The summed E-state index contributed by atoms with van der Waals surface area (Å²) in [5, 5.41) is 0. The molecule has 4 rings (SSSR count). The third-order valence-electron chi connectivity index (χ3n) is 9.24. The summed E-state index contributed by atoms with van der Waals surface area (Å²) >= 11 is 0. The molecule has 0 amide bonds. The molecule has 59 heavy (non-hydrogen) atoms. The lowest BCUT2D eigenvalue weighted by Crippen LogP contribution is -2.30. The largest absolute Gasteiger partial charge is 0.494 e. The smallest absolute Gasteiger partial charge is 0.343 e. The molecule has 1 saturated carbocycles. The molecule has 0 unspecified atom stereocenters. The average Bonchev–Trinajstić information content (AvgIpc) is 3.26. The minimum atomic E-state index is -0.797. The topological polar surface area (TPSA) is 176 Å². The average molecular weight is 815 g/mol. The Kier molecular flexibility index (Phi) is 18.7. The number of unbranched alkanes of at least 4 members (excludes halogenated alkanes) is 4. The van der Waals surface area contributed by atoms with Crippen molar-refractivity contribution in [3.05, 3.63) is 103 Å². The Morgan fingerprint density at radius 3 is 1.54 bits per heavy atom. The van der Waals surface area contributed by atoms with Gasteiger partial charge >= 0.3 is 35.8 Å². The van der Waals surface area contributed by atoms with Crippen molar-refractivity contribution in [3.8, 4) is 28.7 Å². The summed E-state index contributed by atoms with van der Waals surface area (Å²) in [7, 11) is 1.18. The van der Waals surface area contributed by atoms with Crippen LogP contribution in [0.4, 0.5) is 0 Å². The van der Waals surface area contributed by atoms with Crippen LogP contribution in [0, 0.1) is 11.8 Å². The number of esters is 6. The number of carbonyl (C=O) groups excluding carboxylic acids is 6. The van der Waals surface area contributed by atoms with Gasteiger partial charge in [-0.1, -0.05) is 13.2 Å². The van der Waals surface area contributed by atoms with E-state index >= 15 is 0 Å². The molecular formula is C45H50O14. The summed E-state index contributed by atoms with van der Waals surface area (Å²) in [6.45, 7) is 8.25. The van der Waals surface area contributed by atoms with Gasteiger partial charge in [0.15, 0.2) is 0 Å². The molecule has 3 aromatic rings. The van der Waals surface area contributed by atoms with Crippen LogP contribution in [0.5, 0.6) is 28.7 Å². The van der Waals surface area contributed by atoms with Gasteiger partial charge in [-0.15, -0.1) is 0 Å². The van der Waals surface area contributed by atoms with Gasteiger partial charge in [-0.25, -0.2) is 19.2 Å². The molecule has 1 fully saturated rings. The Balaban J connectivity index is 1.19. The molecule has 14 nitrogen and oxygen atoms in total. The first-order valence-corrected chi connectivity index (χ1v) is 19.5. The third kappa shape index (κ3) is 15.4. The Morgan fingerprint density at radius 1 is 0.542 bits per heavy atom. The van der Waals surface area contributed by atoms with E-state index in [0.29, 0.717) is 75.6 Å². The number of ether oxygens (including phenoxy) is 8. The fourth-order valence-electron chi connectivity index (χ4n) is 5.95. The Bertz CT molecular complexity index is 1890. The van der Waals surface area contributed by atoms with Gasteiger partial charge in [0.1, 0.15) is 34.3 Å². The molecule has 0 saturated heterocycles. The predicted molar refractivity (Wildman–Crippen MR) is 213 cm³/mol.